The number of hydrogen-bond donors (Lipinski definition) is 1. The van der Waals surface area contributed by atoms with Crippen molar-refractivity contribution in [3.05, 3.63) is 46.4 Å². The van der Waals surface area contributed by atoms with Gasteiger partial charge in [0.05, 0.1) is 16.1 Å². The van der Waals surface area contributed by atoms with Crippen LogP contribution in [0.5, 0.6) is 0 Å². The number of fused-ring (bicyclic) bond motifs is 1. The standard InChI is InChI=1S/C14H11Cl2N3/c1-19-13-5-2-8(15)6-12(13)18-14(19)10-4-3-9(17)7-11(10)16/h2-7H,17H2,1H3. The van der Waals surface area contributed by atoms with Crippen molar-refractivity contribution in [2.24, 2.45) is 7.05 Å². The van der Waals surface area contributed by atoms with Crippen LogP contribution in [0.15, 0.2) is 36.4 Å². The van der Waals surface area contributed by atoms with Gasteiger partial charge in [0, 0.05) is 23.3 Å². The highest BCUT2D eigenvalue weighted by molar-refractivity contribution is 6.33. The van der Waals surface area contributed by atoms with Crippen molar-refractivity contribution in [3.8, 4) is 11.4 Å². The van der Waals surface area contributed by atoms with Gasteiger partial charge < -0.3 is 10.3 Å². The molecule has 1 heterocycles. The average molecular weight is 292 g/mol. The van der Waals surface area contributed by atoms with Crippen LogP contribution in [0.25, 0.3) is 22.4 Å². The minimum Gasteiger partial charge on any atom is -0.399 e. The average Bonchev–Trinajstić information content (AvgIpc) is 2.66. The van der Waals surface area contributed by atoms with Gasteiger partial charge in [0.1, 0.15) is 5.82 Å². The zero-order chi connectivity index (χ0) is 13.6. The molecule has 96 valence electrons. The normalized spacial score (nSPS) is 11.1. The van der Waals surface area contributed by atoms with Crippen LogP contribution in [0, 0.1) is 0 Å². The Morgan fingerprint density at radius 2 is 1.89 bits per heavy atom. The van der Waals surface area contributed by atoms with Crippen molar-refractivity contribution in [3.63, 3.8) is 0 Å². The van der Waals surface area contributed by atoms with E-state index in [0.29, 0.717) is 15.7 Å². The van der Waals surface area contributed by atoms with Gasteiger partial charge in [-0.05, 0) is 36.4 Å². The largest absolute Gasteiger partial charge is 0.399 e. The van der Waals surface area contributed by atoms with E-state index in [4.69, 9.17) is 28.9 Å². The van der Waals surface area contributed by atoms with Crippen molar-refractivity contribution >= 4 is 39.9 Å². The van der Waals surface area contributed by atoms with Crippen molar-refractivity contribution in [1.29, 1.82) is 0 Å². The summed E-state index contributed by atoms with van der Waals surface area (Å²) in [6, 6.07) is 11.0. The summed E-state index contributed by atoms with van der Waals surface area (Å²) in [5.74, 6) is 0.794. The van der Waals surface area contributed by atoms with Crippen LogP contribution in [0.3, 0.4) is 0 Å². The second-order valence-electron chi connectivity index (χ2n) is 4.37. The predicted octanol–water partition coefficient (Wildman–Crippen LogP) is 4.13. The number of hydrogen-bond acceptors (Lipinski definition) is 2. The summed E-state index contributed by atoms with van der Waals surface area (Å²) in [6.45, 7) is 0. The molecular weight excluding hydrogens is 281 g/mol. The summed E-state index contributed by atoms with van der Waals surface area (Å²) in [4.78, 5) is 4.59. The number of benzene rings is 2. The third kappa shape index (κ3) is 2.05. The molecule has 3 rings (SSSR count). The zero-order valence-electron chi connectivity index (χ0n) is 10.2. The van der Waals surface area contributed by atoms with E-state index in [9.17, 15) is 0 Å². The molecule has 0 atom stereocenters. The number of imidazole rings is 1. The maximum atomic E-state index is 6.24. The van der Waals surface area contributed by atoms with E-state index < -0.39 is 0 Å². The van der Waals surface area contributed by atoms with Crippen LogP contribution < -0.4 is 5.73 Å². The van der Waals surface area contributed by atoms with Gasteiger partial charge in [-0.25, -0.2) is 4.98 Å². The van der Waals surface area contributed by atoms with Crippen molar-refractivity contribution in [2.75, 3.05) is 5.73 Å². The lowest BCUT2D eigenvalue weighted by Gasteiger charge is -2.05. The van der Waals surface area contributed by atoms with E-state index in [2.05, 4.69) is 4.98 Å². The number of nitrogens with two attached hydrogens (primary N) is 1. The van der Waals surface area contributed by atoms with Gasteiger partial charge in [-0.15, -0.1) is 0 Å². The number of aromatic nitrogens is 2. The van der Waals surface area contributed by atoms with E-state index >= 15 is 0 Å². The number of anilines is 1. The van der Waals surface area contributed by atoms with E-state index in [-0.39, 0.29) is 0 Å². The van der Waals surface area contributed by atoms with Gasteiger partial charge in [-0.3, -0.25) is 0 Å². The SMILES string of the molecule is Cn1c(-c2ccc(N)cc2Cl)nc2cc(Cl)ccc21. The topological polar surface area (TPSA) is 43.8 Å². The summed E-state index contributed by atoms with van der Waals surface area (Å²) in [5.41, 5.74) is 9.05. The molecule has 5 heteroatoms. The van der Waals surface area contributed by atoms with Gasteiger partial charge in [0.15, 0.2) is 0 Å². The minimum absolute atomic E-state index is 0.588. The Kier molecular flexibility index (Phi) is 2.88. The molecule has 0 spiro atoms. The fourth-order valence-corrected chi connectivity index (χ4v) is 2.57. The monoisotopic (exact) mass is 291 g/mol. The van der Waals surface area contributed by atoms with Crippen LogP contribution >= 0.6 is 23.2 Å². The molecule has 0 bridgehead atoms. The number of nitrogen functional groups attached to an aromatic ring is 1. The number of halogens is 2. The molecule has 2 N–H and O–H groups in total. The molecule has 0 amide bonds. The van der Waals surface area contributed by atoms with E-state index in [1.165, 1.54) is 0 Å². The molecule has 0 fully saturated rings. The Morgan fingerprint density at radius 3 is 2.63 bits per heavy atom. The molecule has 19 heavy (non-hydrogen) atoms. The molecule has 0 aliphatic carbocycles. The molecule has 2 aromatic carbocycles. The molecule has 0 aliphatic heterocycles. The molecule has 0 unspecified atom stereocenters. The summed E-state index contributed by atoms with van der Waals surface area (Å²) in [6.07, 6.45) is 0. The number of rotatable bonds is 1. The maximum Gasteiger partial charge on any atom is 0.142 e. The number of aryl methyl sites for hydroxylation is 1. The Bertz CT molecular complexity index is 778. The molecular formula is C14H11Cl2N3. The molecule has 0 saturated heterocycles. The molecule has 0 saturated carbocycles. The molecule has 0 radical (unpaired) electrons. The van der Waals surface area contributed by atoms with Crippen LogP contribution in [0.1, 0.15) is 0 Å². The van der Waals surface area contributed by atoms with Crippen LogP contribution in [-0.2, 0) is 7.05 Å². The third-order valence-corrected chi connectivity index (χ3v) is 3.62. The first-order chi connectivity index (χ1) is 9.06. The van der Waals surface area contributed by atoms with E-state index in [1.807, 2.05) is 41.9 Å². The van der Waals surface area contributed by atoms with Gasteiger partial charge in [0.2, 0.25) is 0 Å². The predicted molar refractivity (Wildman–Crippen MR) is 80.6 cm³/mol. The highest BCUT2D eigenvalue weighted by Gasteiger charge is 2.13. The summed E-state index contributed by atoms with van der Waals surface area (Å²) < 4.78 is 1.99. The maximum absolute atomic E-state index is 6.24. The zero-order valence-corrected chi connectivity index (χ0v) is 11.7. The summed E-state index contributed by atoms with van der Waals surface area (Å²) >= 11 is 12.2. The fourth-order valence-electron chi connectivity index (χ4n) is 2.13. The molecule has 3 aromatic rings. The van der Waals surface area contributed by atoms with E-state index in [1.54, 1.807) is 6.07 Å². The van der Waals surface area contributed by atoms with Crippen molar-refractivity contribution in [2.45, 2.75) is 0 Å². The lowest BCUT2D eigenvalue weighted by Crippen LogP contribution is -1.94. The molecule has 1 aromatic heterocycles. The highest BCUT2D eigenvalue weighted by atomic mass is 35.5. The lowest BCUT2D eigenvalue weighted by atomic mass is 10.2. The first kappa shape index (κ1) is 12.3. The van der Waals surface area contributed by atoms with Gasteiger partial charge >= 0.3 is 0 Å². The van der Waals surface area contributed by atoms with Crippen LogP contribution in [0.2, 0.25) is 10.0 Å². The summed E-state index contributed by atoms with van der Waals surface area (Å²) in [7, 11) is 1.95. The van der Waals surface area contributed by atoms with Gasteiger partial charge in [0.25, 0.3) is 0 Å². The molecule has 3 nitrogen and oxygen atoms in total. The fraction of sp³-hybridized carbons (Fsp3) is 0.0714. The Balaban J connectivity index is 2.27. The van der Waals surface area contributed by atoms with Crippen LogP contribution in [-0.4, -0.2) is 9.55 Å². The van der Waals surface area contributed by atoms with Crippen molar-refractivity contribution in [1.82, 2.24) is 9.55 Å². The van der Waals surface area contributed by atoms with Gasteiger partial charge in [-0.2, -0.15) is 0 Å². The highest BCUT2D eigenvalue weighted by Crippen LogP contribution is 2.31. The second-order valence-corrected chi connectivity index (χ2v) is 5.21. The first-order valence-corrected chi connectivity index (χ1v) is 6.49. The van der Waals surface area contributed by atoms with Gasteiger partial charge in [-0.1, -0.05) is 23.2 Å². The second kappa shape index (κ2) is 4.44. The van der Waals surface area contributed by atoms with E-state index in [0.717, 1.165) is 22.4 Å². The number of nitrogens with zero attached hydrogens (tertiary/aromatic N) is 2. The smallest absolute Gasteiger partial charge is 0.142 e. The third-order valence-electron chi connectivity index (χ3n) is 3.08. The Morgan fingerprint density at radius 1 is 1.11 bits per heavy atom. The minimum atomic E-state index is 0.588. The lowest BCUT2D eigenvalue weighted by molar-refractivity contribution is 0.959. The molecule has 0 aliphatic rings. The van der Waals surface area contributed by atoms with Crippen LogP contribution in [0.4, 0.5) is 5.69 Å². The Labute approximate surface area is 120 Å². The first-order valence-electron chi connectivity index (χ1n) is 5.73. The quantitative estimate of drug-likeness (QED) is 0.685. The Hall–Kier alpha value is -1.71. The summed E-state index contributed by atoms with van der Waals surface area (Å²) in [5, 5.41) is 1.25. The van der Waals surface area contributed by atoms with Crippen molar-refractivity contribution < 1.29 is 0 Å².